The van der Waals surface area contributed by atoms with Gasteiger partial charge in [0.05, 0.1) is 12.2 Å². The van der Waals surface area contributed by atoms with Crippen molar-refractivity contribution in [2.24, 2.45) is 0 Å². The number of para-hydroxylation sites is 1. The van der Waals surface area contributed by atoms with Crippen LogP contribution in [0, 0.1) is 0 Å². The minimum Gasteiger partial charge on any atom is -0.491 e. The lowest BCUT2D eigenvalue weighted by Crippen LogP contribution is -2.23. The summed E-state index contributed by atoms with van der Waals surface area (Å²) < 4.78 is 5.43. The summed E-state index contributed by atoms with van der Waals surface area (Å²) in [6, 6.07) is 9.25. The molecule has 0 spiro atoms. The Labute approximate surface area is 165 Å². The summed E-state index contributed by atoms with van der Waals surface area (Å²) >= 11 is 0. The van der Waals surface area contributed by atoms with Gasteiger partial charge in [0.15, 0.2) is 0 Å². The summed E-state index contributed by atoms with van der Waals surface area (Å²) in [5, 5.41) is 37.8. The SMILES string of the molecule is O=C(O)CCC[C@H](O)[C@H](O)/C=C/C=C/C=C/C=C/C(O)COc1ccccc1. The van der Waals surface area contributed by atoms with E-state index in [4.69, 9.17) is 9.84 Å². The third-order valence-corrected chi connectivity index (χ3v) is 3.65. The number of hydrogen-bond donors (Lipinski definition) is 4. The van der Waals surface area contributed by atoms with E-state index in [1.54, 1.807) is 42.5 Å². The van der Waals surface area contributed by atoms with Crippen LogP contribution in [0.5, 0.6) is 5.75 Å². The molecule has 1 unspecified atom stereocenters. The maximum absolute atomic E-state index is 10.4. The van der Waals surface area contributed by atoms with Crippen molar-refractivity contribution in [3.8, 4) is 5.75 Å². The number of carboxylic acid groups (broad SMARTS) is 1. The first-order valence-corrected chi connectivity index (χ1v) is 9.11. The topological polar surface area (TPSA) is 107 Å². The number of hydrogen-bond acceptors (Lipinski definition) is 5. The van der Waals surface area contributed by atoms with Gasteiger partial charge in [0, 0.05) is 6.42 Å². The Bertz CT molecular complexity index is 663. The van der Waals surface area contributed by atoms with Crippen molar-refractivity contribution < 1.29 is 30.0 Å². The predicted molar refractivity (Wildman–Crippen MR) is 108 cm³/mol. The van der Waals surface area contributed by atoms with E-state index in [1.165, 1.54) is 6.08 Å². The van der Waals surface area contributed by atoms with Gasteiger partial charge in [-0.25, -0.2) is 0 Å². The van der Waals surface area contributed by atoms with Crippen molar-refractivity contribution in [1.29, 1.82) is 0 Å². The summed E-state index contributed by atoms with van der Waals surface area (Å²) in [5.41, 5.74) is 0. The lowest BCUT2D eigenvalue weighted by molar-refractivity contribution is -0.137. The van der Waals surface area contributed by atoms with E-state index in [2.05, 4.69) is 0 Å². The van der Waals surface area contributed by atoms with Crippen molar-refractivity contribution in [2.75, 3.05) is 6.61 Å². The van der Waals surface area contributed by atoms with E-state index in [9.17, 15) is 20.1 Å². The van der Waals surface area contributed by atoms with Gasteiger partial charge in [0.25, 0.3) is 0 Å². The van der Waals surface area contributed by atoms with E-state index < -0.39 is 24.3 Å². The van der Waals surface area contributed by atoms with Crippen LogP contribution < -0.4 is 4.74 Å². The van der Waals surface area contributed by atoms with Crippen LogP contribution in [0.25, 0.3) is 0 Å². The van der Waals surface area contributed by atoms with Gasteiger partial charge in [0.2, 0.25) is 0 Å². The second-order valence-corrected chi connectivity index (χ2v) is 6.07. The molecule has 1 aromatic carbocycles. The lowest BCUT2D eigenvalue weighted by Gasteiger charge is -2.13. The summed E-state index contributed by atoms with van der Waals surface area (Å²) in [6.45, 7) is 0.166. The molecule has 0 fully saturated rings. The summed E-state index contributed by atoms with van der Waals surface area (Å²) in [4.78, 5) is 10.4. The molecule has 0 heterocycles. The highest BCUT2D eigenvalue weighted by molar-refractivity contribution is 5.66. The third-order valence-electron chi connectivity index (χ3n) is 3.65. The smallest absolute Gasteiger partial charge is 0.303 e. The highest BCUT2D eigenvalue weighted by Crippen LogP contribution is 2.09. The number of carboxylic acids is 1. The molecule has 0 aliphatic carbocycles. The second kappa shape index (κ2) is 14.4. The Hall–Kier alpha value is -2.67. The molecular formula is C22H28O6. The molecule has 3 atom stereocenters. The van der Waals surface area contributed by atoms with E-state index in [0.29, 0.717) is 12.2 Å². The van der Waals surface area contributed by atoms with Crippen LogP contribution in [0.2, 0.25) is 0 Å². The zero-order chi connectivity index (χ0) is 20.6. The number of allylic oxidation sites excluding steroid dienone is 6. The minimum absolute atomic E-state index is 0.0290. The number of ether oxygens (including phenoxy) is 1. The first-order valence-electron chi connectivity index (χ1n) is 9.11. The van der Waals surface area contributed by atoms with Gasteiger partial charge >= 0.3 is 5.97 Å². The van der Waals surface area contributed by atoms with Crippen LogP contribution in [-0.4, -0.2) is 51.3 Å². The summed E-state index contributed by atoms with van der Waals surface area (Å²) in [5.74, 6) is -0.216. The fourth-order valence-electron chi connectivity index (χ4n) is 2.14. The maximum Gasteiger partial charge on any atom is 0.303 e. The van der Waals surface area contributed by atoms with E-state index in [0.717, 1.165) is 0 Å². The highest BCUT2D eigenvalue weighted by atomic mass is 16.5. The summed E-state index contributed by atoms with van der Waals surface area (Å²) in [7, 11) is 0. The van der Waals surface area contributed by atoms with Crippen LogP contribution in [0.3, 0.4) is 0 Å². The van der Waals surface area contributed by atoms with Crippen LogP contribution in [0.15, 0.2) is 78.9 Å². The monoisotopic (exact) mass is 388 g/mol. The Morgan fingerprint density at radius 3 is 2.18 bits per heavy atom. The Morgan fingerprint density at radius 2 is 1.54 bits per heavy atom. The van der Waals surface area contributed by atoms with Crippen molar-refractivity contribution >= 4 is 5.97 Å². The molecular weight excluding hydrogens is 360 g/mol. The molecule has 152 valence electrons. The molecule has 6 heteroatoms. The molecule has 0 saturated carbocycles. The number of rotatable bonds is 13. The van der Waals surface area contributed by atoms with Gasteiger partial charge < -0.3 is 25.2 Å². The van der Waals surface area contributed by atoms with Gasteiger partial charge in [-0.1, -0.05) is 66.8 Å². The van der Waals surface area contributed by atoms with Gasteiger partial charge in [-0.15, -0.1) is 0 Å². The molecule has 0 amide bonds. The molecule has 0 aliphatic rings. The van der Waals surface area contributed by atoms with Gasteiger partial charge in [-0.05, 0) is 25.0 Å². The zero-order valence-electron chi connectivity index (χ0n) is 15.7. The molecule has 1 aromatic rings. The standard InChI is InChI=1S/C22H28O6/c23-18(17-28-19-12-7-5-8-13-19)11-6-3-1-2-4-9-14-20(24)21(25)15-10-16-22(26)27/h1-9,11-14,18,20-21,23-25H,10,15-17H2,(H,26,27)/b3-1+,4-2+,11-6+,14-9+/t18?,20-,21+/m1/s1. The predicted octanol–water partition coefficient (Wildman–Crippen LogP) is 2.63. The van der Waals surface area contributed by atoms with Crippen LogP contribution >= 0.6 is 0 Å². The molecule has 0 saturated heterocycles. The molecule has 0 aliphatic heterocycles. The molecule has 6 nitrogen and oxygen atoms in total. The van der Waals surface area contributed by atoms with E-state index in [-0.39, 0.29) is 19.4 Å². The highest BCUT2D eigenvalue weighted by Gasteiger charge is 2.12. The molecule has 0 aromatic heterocycles. The minimum atomic E-state index is -1.04. The zero-order valence-corrected chi connectivity index (χ0v) is 15.7. The summed E-state index contributed by atoms with van der Waals surface area (Å²) in [6.07, 6.45) is 11.0. The third kappa shape index (κ3) is 11.9. The second-order valence-electron chi connectivity index (χ2n) is 6.07. The fraction of sp³-hybridized carbons (Fsp3) is 0.318. The van der Waals surface area contributed by atoms with Crippen LogP contribution in [0.4, 0.5) is 0 Å². The number of aliphatic carboxylic acids is 1. The average molecular weight is 388 g/mol. The Morgan fingerprint density at radius 1 is 0.929 bits per heavy atom. The molecule has 0 radical (unpaired) electrons. The lowest BCUT2D eigenvalue weighted by atomic mass is 10.1. The first kappa shape index (κ1) is 23.4. The maximum atomic E-state index is 10.4. The number of carbonyl (C=O) groups is 1. The number of aliphatic hydroxyl groups excluding tert-OH is 3. The van der Waals surface area contributed by atoms with Gasteiger partial charge in [-0.2, -0.15) is 0 Å². The largest absolute Gasteiger partial charge is 0.491 e. The van der Waals surface area contributed by atoms with Crippen molar-refractivity contribution in [1.82, 2.24) is 0 Å². The van der Waals surface area contributed by atoms with Crippen LogP contribution in [0.1, 0.15) is 19.3 Å². The molecule has 4 N–H and O–H groups in total. The Kier molecular flexibility index (Phi) is 12.0. The van der Waals surface area contributed by atoms with Gasteiger partial charge in [-0.3, -0.25) is 4.79 Å². The average Bonchev–Trinajstić information content (AvgIpc) is 2.68. The molecule has 0 bridgehead atoms. The van der Waals surface area contributed by atoms with Crippen molar-refractivity contribution in [3.63, 3.8) is 0 Å². The molecule has 28 heavy (non-hydrogen) atoms. The Balaban J connectivity index is 2.22. The normalized spacial score (nSPS) is 15.5. The van der Waals surface area contributed by atoms with Crippen molar-refractivity contribution in [2.45, 2.75) is 37.6 Å². The molecule has 1 rings (SSSR count). The first-order chi connectivity index (χ1) is 13.5. The van der Waals surface area contributed by atoms with E-state index >= 15 is 0 Å². The van der Waals surface area contributed by atoms with Crippen molar-refractivity contribution in [3.05, 3.63) is 78.9 Å². The quantitative estimate of drug-likeness (QED) is 0.387. The number of benzene rings is 1. The fourth-order valence-corrected chi connectivity index (χ4v) is 2.14. The number of aliphatic hydroxyl groups is 3. The van der Waals surface area contributed by atoms with E-state index in [1.807, 2.05) is 30.3 Å². The van der Waals surface area contributed by atoms with Crippen LogP contribution in [-0.2, 0) is 4.79 Å². The van der Waals surface area contributed by atoms with Gasteiger partial charge in [0.1, 0.15) is 18.5 Å².